The SMILES string of the molecule is CC1(NS(=O)(=O)c2c(Cl)cccc2Br)CCNCC1. The molecule has 0 bridgehead atoms. The molecule has 0 atom stereocenters. The van der Waals surface area contributed by atoms with Gasteiger partial charge in [0.15, 0.2) is 0 Å². The van der Waals surface area contributed by atoms with Gasteiger partial charge < -0.3 is 5.32 Å². The van der Waals surface area contributed by atoms with Crippen LogP contribution in [0.3, 0.4) is 0 Å². The Morgan fingerprint density at radius 1 is 1.37 bits per heavy atom. The van der Waals surface area contributed by atoms with Crippen LogP contribution in [-0.4, -0.2) is 27.0 Å². The largest absolute Gasteiger partial charge is 0.317 e. The summed E-state index contributed by atoms with van der Waals surface area (Å²) < 4.78 is 28.3. The molecule has 0 spiro atoms. The minimum absolute atomic E-state index is 0.108. The molecular weight excluding hydrogens is 352 g/mol. The van der Waals surface area contributed by atoms with E-state index >= 15 is 0 Å². The normalized spacial score (nSPS) is 19.3. The van der Waals surface area contributed by atoms with Crippen LogP contribution in [0.4, 0.5) is 0 Å². The van der Waals surface area contributed by atoms with Crippen molar-refractivity contribution in [2.75, 3.05) is 13.1 Å². The van der Waals surface area contributed by atoms with Gasteiger partial charge in [-0.2, -0.15) is 0 Å². The van der Waals surface area contributed by atoms with Gasteiger partial charge in [0.1, 0.15) is 4.90 Å². The van der Waals surface area contributed by atoms with Crippen LogP contribution in [0.15, 0.2) is 27.6 Å². The second-order valence-electron chi connectivity index (χ2n) is 4.97. The van der Waals surface area contributed by atoms with Crippen molar-refractivity contribution in [3.05, 3.63) is 27.7 Å². The van der Waals surface area contributed by atoms with Gasteiger partial charge in [0, 0.05) is 10.0 Å². The van der Waals surface area contributed by atoms with Crippen LogP contribution in [0, 0.1) is 0 Å². The van der Waals surface area contributed by atoms with Crippen LogP contribution in [0.5, 0.6) is 0 Å². The molecule has 106 valence electrons. The Morgan fingerprint density at radius 3 is 2.58 bits per heavy atom. The van der Waals surface area contributed by atoms with Crippen molar-refractivity contribution < 1.29 is 8.42 Å². The number of piperidine rings is 1. The Hall–Kier alpha value is -0.140. The van der Waals surface area contributed by atoms with E-state index in [1.54, 1.807) is 18.2 Å². The lowest BCUT2D eigenvalue weighted by Crippen LogP contribution is -2.52. The summed E-state index contributed by atoms with van der Waals surface area (Å²) in [5, 5.41) is 3.44. The van der Waals surface area contributed by atoms with Crippen LogP contribution < -0.4 is 10.0 Å². The molecule has 1 aromatic carbocycles. The van der Waals surface area contributed by atoms with E-state index in [0.717, 1.165) is 25.9 Å². The molecule has 0 radical (unpaired) electrons. The first-order chi connectivity index (χ1) is 8.84. The van der Waals surface area contributed by atoms with E-state index in [1.807, 2.05) is 6.92 Å². The Balaban J connectivity index is 2.33. The molecule has 4 nitrogen and oxygen atoms in total. The molecule has 0 amide bonds. The first-order valence-corrected chi connectivity index (χ1v) is 8.68. The summed E-state index contributed by atoms with van der Waals surface area (Å²) in [4.78, 5) is 0.108. The minimum atomic E-state index is -3.64. The molecule has 0 aliphatic carbocycles. The van der Waals surface area contributed by atoms with E-state index in [1.165, 1.54) is 0 Å². The Labute approximate surface area is 127 Å². The van der Waals surface area contributed by atoms with E-state index in [4.69, 9.17) is 11.6 Å². The standard InChI is InChI=1S/C12H16BrClN2O2S/c1-12(5-7-15-8-6-12)16-19(17,18)11-9(13)3-2-4-10(11)14/h2-4,15-16H,5-8H2,1H3. The maximum atomic E-state index is 12.5. The number of benzene rings is 1. The average molecular weight is 368 g/mol. The minimum Gasteiger partial charge on any atom is -0.317 e. The molecular formula is C12H16BrClN2O2S. The molecule has 1 fully saturated rings. The van der Waals surface area contributed by atoms with Crippen molar-refractivity contribution in [1.29, 1.82) is 0 Å². The summed E-state index contributed by atoms with van der Waals surface area (Å²) in [5.41, 5.74) is -0.428. The summed E-state index contributed by atoms with van der Waals surface area (Å²) in [5.74, 6) is 0. The lowest BCUT2D eigenvalue weighted by Gasteiger charge is -2.34. The molecule has 0 saturated carbocycles. The average Bonchev–Trinajstić information content (AvgIpc) is 2.27. The fourth-order valence-corrected chi connectivity index (χ4v) is 5.40. The maximum Gasteiger partial charge on any atom is 0.243 e. The highest BCUT2D eigenvalue weighted by molar-refractivity contribution is 9.10. The number of rotatable bonds is 3. The molecule has 2 rings (SSSR count). The lowest BCUT2D eigenvalue weighted by atomic mass is 9.92. The van der Waals surface area contributed by atoms with Crippen LogP contribution in [0.2, 0.25) is 5.02 Å². The highest BCUT2D eigenvalue weighted by Gasteiger charge is 2.33. The van der Waals surface area contributed by atoms with Crippen LogP contribution in [-0.2, 0) is 10.0 Å². The third-order valence-corrected chi connectivity index (χ3v) is 6.36. The highest BCUT2D eigenvalue weighted by atomic mass is 79.9. The topological polar surface area (TPSA) is 58.2 Å². The van der Waals surface area contributed by atoms with Crippen LogP contribution >= 0.6 is 27.5 Å². The van der Waals surface area contributed by atoms with Crippen molar-refractivity contribution in [1.82, 2.24) is 10.0 Å². The third-order valence-electron chi connectivity index (χ3n) is 3.28. The summed E-state index contributed by atoms with van der Waals surface area (Å²) in [6.45, 7) is 3.54. The molecule has 1 saturated heterocycles. The summed E-state index contributed by atoms with van der Waals surface area (Å²) in [7, 11) is -3.64. The molecule has 1 heterocycles. The molecule has 1 aliphatic rings. The second-order valence-corrected chi connectivity index (χ2v) is 7.85. The van der Waals surface area contributed by atoms with E-state index in [-0.39, 0.29) is 9.92 Å². The summed E-state index contributed by atoms with van der Waals surface area (Å²) >= 11 is 9.27. The van der Waals surface area contributed by atoms with E-state index in [9.17, 15) is 8.42 Å². The fourth-order valence-electron chi connectivity index (χ4n) is 2.20. The summed E-state index contributed by atoms with van der Waals surface area (Å²) in [6.07, 6.45) is 1.52. The van der Waals surface area contributed by atoms with Gasteiger partial charge in [-0.15, -0.1) is 0 Å². The van der Waals surface area contributed by atoms with Crippen molar-refractivity contribution in [2.24, 2.45) is 0 Å². The summed E-state index contributed by atoms with van der Waals surface area (Å²) in [6, 6.07) is 4.95. The molecule has 19 heavy (non-hydrogen) atoms. The monoisotopic (exact) mass is 366 g/mol. The molecule has 0 aromatic heterocycles. The Kier molecular flexibility index (Phi) is 4.57. The predicted octanol–water partition coefficient (Wildman–Crippen LogP) is 2.52. The van der Waals surface area contributed by atoms with Crippen LogP contribution in [0.1, 0.15) is 19.8 Å². The zero-order valence-corrected chi connectivity index (χ0v) is 13.7. The van der Waals surface area contributed by atoms with Gasteiger partial charge in [-0.3, -0.25) is 0 Å². The van der Waals surface area contributed by atoms with Gasteiger partial charge in [0.05, 0.1) is 5.02 Å². The zero-order chi connectivity index (χ0) is 14.1. The van der Waals surface area contributed by atoms with E-state index < -0.39 is 15.6 Å². The number of halogens is 2. The number of hydrogen-bond acceptors (Lipinski definition) is 3. The van der Waals surface area contributed by atoms with Crippen LogP contribution in [0.25, 0.3) is 0 Å². The predicted molar refractivity (Wildman–Crippen MR) is 80.0 cm³/mol. The second kappa shape index (κ2) is 5.69. The van der Waals surface area contributed by atoms with Gasteiger partial charge in [0.2, 0.25) is 10.0 Å². The van der Waals surface area contributed by atoms with Gasteiger partial charge in [-0.05, 0) is 60.9 Å². The third kappa shape index (κ3) is 3.49. The fraction of sp³-hybridized carbons (Fsp3) is 0.500. The van der Waals surface area contributed by atoms with Gasteiger partial charge >= 0.3 is 0 Å². The molecule has 7 heteroatoms. The van der Waals surface area contributed by atoms with Gasteiger partial charge in [-0.1, -0.05) is 17.7 Å². The van der Waals surface area contributed by atoms with Gasteiger partial charge in [-0.25, -0.2) is 13.1 Å². The van der Waals surface area contributed by atoms with Crippen molar-refractivity contribution >= 4 is 37.6 Å². The first-order valence-electron chi connectivity index (χ1n) is 6.03. The quantitative estimate of drug-likeness (QED) is 0.863. The highest BCUT2D eigenvalue weighted by Crippen LogP contribution is 2.31. The molecule has 0 unspecified atom stereocenters. The molecule has 1 aromatic rings. The molecule has 2 N–H and O–H groups in total. The van der Waals surface area contributed by atoms with Gasteiger partial charge in [0.25, 0.3) is 0 Å². The van der Waals surface area contributed by atoms with Crippen molar-refractivity contribution in [3.8, 4) is 0 Å². The number of nitrogens with one attached hydrogen (secondary N) is 2. The number of sulfonamides is 1. The Bertz CT molecular complexity index is 551. The molecule has 1 aliphatic heterocycles. The van der Waals surface area contributed by atoms with E-state index in [2.05, 4.69) is 26.0 Å². The first kappa shape index (κ1) is 15.3. The Morgan fingerprint density at radius 2 is 2.00 bits per heavy atom. The smallest absolute Gasteiger partial charge is 0.243 e. The van der Waals surface area contributed by atoms with E-state index in [0.29, 0.717) is 4.47 Å². The van der Waals surface area contributed by atoms with Crippen molar-refractivity contribution in [3.63, 3.8) is 0 Å². The number of hydrogen-bond donors (Lipinski definition) is 2. The lowest BCUT2D eigenvalue weighted by molar-refractivity contribution is 0.308. The zero-order valence-electron chi connectivity index (χ0n) is 10.5. The maximum absolute atomic E-state index is 12.5. The van der Waals surface area contributed by atoms with Crippen molar-refractivity contribution in [2.45, 2.75) is 30.2 Å².